The molecule has 3 heterocycles. The van der Waals surface area contributed by atoms with Crippen LogP contribution >= 0.6 is 0 Å². The highest BCUT2D eigenvalue weighted by Gasteiger charge is 2.49. The summed E-state index contributed by atoms with van der Waals surface area (Å²) in [6.45, 7) is 3.83. The van der Waals surface area contributed by atoms with Crippen molar-refractivity contribution < 1.29 is 28.3 Å². The van der Waals surface area contributed by atoms with Gasteiger partial charge in [0, 0.05) is 0 Å². The van der Waals surface area contributed by atoms with E-state index in [9.17, 15) is 14.4 Å². The molecule has 152 valence electrons. The lowest BCUT2D eigenvalue weighted by atomic mass is 9.91. The van der Waals surface area contributed by atoms with Crippen LogP contribution in [0.1, 0.15) is 31.2 Å². The molecule has 29 heavy (non-hydrogen) atoms. The number of carbonyl (C=O) groups excluding carboxylic acids is 3. The Morgan fingerprint density at radius 2 is 2.00 bits per heavy atom. The topological polar surface area (TPSA) is 110 Å². The molecule has 0 radical (unpaired) electrons. The predicted molar refractivity (Wildman–Crippen MR) is 100 cm³/mol. The summed E-state index contributed by atoms with van der Waals surface area (Å²) in [5, 5.41) is 5.40. The zero-order valence-electron chi connectivity index (χ0n) is 16.1. The molecule has 1 aromatic carbocycles. The molecule has 9 nitrogen and oxygen atoms in total. The fraction of sp³-hybridized carbons (Fsp3) is 0.350. The van der Waals surface area contributed by atoms with Crippen LogP contribution < -0.4 is 20.1 Å². The molecule has 2 atom stereocenters. The highest BCUT2D eigenvalue weighted by molar-refractivity contribution is 6.09. The van der Waals surface area contributed by atoms with Crippen LogP contribution in [-0.4, -0.2) is 42.5 Å². The zero-order chi connectivity index (χ0) is 20.6. The number of furan rings is 1. The van der Waals surface area contributed by atoms with E-state index in [2.05, 4.69) is 10.6 Å². The first-order valence-electron chi connectivity index (χ1n) is 9.25. The fourth-order valence-electron chi connectivity index (χ4n) is 3.43. The van der Waals surface area contributed by atoms with Gasteiger partial charge < -0.3 is 24.5 Å². The molecule has 9 heteroatoms. The number of carbonyl (C=O) groups is 3. The number of fused-ring (bicyclic) bond motifs is 1. The van der Waals surface area contributed by atoms with E-state index in [1.54, 1.807) is 44.2 Å². The molecule has 2 aromatic rings. The molecule has 4 rings (SSSR count). The summed E-state index contributed by atoms with van der Waals surface area (Å²) >= 11 is 0. The lowest BCUT2D eigenvalue weighted by Gasteiger charge is -2.25. The molecular formula is C20H21N3O6. The summed E-state index contributed by atoms with van der Waals surface area (Å²) in [6, 6.07) is 7.51. The molecule has 0 saturated carbocycles. The van der Waals surface area contributed by atoms with Crippen molar-refractivity contribution in [2.45, 2.75) is 25.4 Å². The largest absolute Gasteiger partial charge is 0.486 e. The second-order valence-corrected chi connectivity index (χ2v) is 7.11. The third-order valence-electron chi connectivity index (χ3n) is 5.04. The third kappa shape index (κ3) is 3.39. The first-order valence-corrected chi connectivity index (χ1v) is 9.25. The normalized spacial score (nSPS) is 21.7. The number of amides is 4. The zero-order valence-corrected chi connectivity index (χ0v) is 16.1. The maximum absolute atomic E-state index is 13.0. The van der Waals surface area contributed by atoms with Gasteiger partial charge in [0.1, 0.15) is 31.1 Å². The Morgan fingerprint density at radius 1 is 1.24 bits per heavy atom. The van der Waals surface area contributed by atoms with Crippen molar-refractivity contribution in [2.75, 3.05) is 19.8 Å². The number of rotatable bonds is 5. The van der Waals surface area contributed by atoms with Crippen molar-refractivity contribution in [1.82, 2.24) is 15.5 Å². The number of imide groups is 1. The molecule has 2 aliphatic rings. The van der Waals surface area contributed by atoms with Crippen LogP contribution in [0.5, 0.6) is 11.5 Å². The Balaban J connectivity index is 1.48. The van der Waals surface area contributed by atoms with Crippen LogP contribution in [0.25, 0.3) is 0 Å². The average molecular weight is 399 g/mol. The monoisotopic (exact) mass is 399 g/mol. The molecule has 0 spiro atoms. The molecular weight excluding hydrogens is 378 g/mol. The molecule has 2 N–H and O–H groups in total. The molecule has 0 unspecified atom stereocenters. The number of nitrogens with one attached hydrogen (secondary N) is 2. The van der Waals surface area contributed by atoms with Gasteiger partial charge >= 0.3 is 6.03 Å². The van der Waals surface area contributed by atoms with Gasteiger partial charge in [-0.15, -0.1) is 0 Å². The van der Waals surface area contributed by atoms with E-state index in [4.69, 9.17) is 13.9 Å². The van der Waals surface area contributed by atoms with Crippen LogP contribution in [0.2, 0.25) is 0 Å². The standard InChI is InChI=1S/C20H21N3O6/c1-12(14-4-3-7-27-14)21-17(24)11-23-18(25)20(2,22-19(23)26)13-5-6-15-16(10-13)29-9-8-28-15/h3-7,10,12H,8-9,11H2,1-2H3,(H,21,24)(H,22,26)/t12-,20+/m1/s1. The average Bonchev–Trinajstić information content (AvgIpc) is 3.32. The van der Waals surface area contributed by atoms with Crippen LogP contribution in [-0.2, 0) is 15.1 Å². The Hall–Kier alpha value is -3.49. The molecule has 2 aliphatic heterocycles. The minimum Gasteiger partial charge on any atom is -0.486 e. The third-order valence-corrected chi connectivity index (χ3v) is 5.04. The van der Waals surface area contributed by atoms with Crippen molar-refractivity contribution in [3.8, 4) is 11.5 Å². The van der Waals surface area contributed by atoms with Crippen molar-refractivity contribution in [2.24, 2.45) is 0 Å². The minimum atomic E-state index is -1.31. The van der Waals surface area contributed by atoms with Crippen LogP contribution in [0.4, 0.5) is 4.79 Å². The van der Waals surface area contributed by atoms with Gasteiger partial charge in [-0.2, -0.15) is 0 Å². The lowest BCUT2D eigenvalue weighted by molar-refractivity contribution is -0.135. The predicted octanol–water partition coefficient (Wildman–Crippen LogP) is 1.70. The summed E-state index contributed by atoms with van der Waals surface area (Å²) in [4.78, 5) is 38.8. The summed E-state index contributed by atoms with van der Waals surface area (Å²) in [5.41, 5.74) is -0.758. The van der Waals surface area contributed by atoms with E-state index in [1.165, 1.54) is 6.26 Å². The number of hydrogen-bond acceptors (Lipinski definition) is 6. The molecule has 1 fully saturated rings. The number of benzene rings is 1. The van der Waals surface area contributed by atoms with Gasteiger partial charge in [0.05, 0.1) is 12.3 Å². The van der Waals surface area contributed by atoms with Gasteiger partial charge in [0.25, 0.3) is 5.91 Å². The lowest BCUT2D eigenvalue weighted by Crippen LogP contribution is -2.43. The van der Waals surface area contributed by atoms with Crippen molar-refractivity contribution >= 4 is 17.8 Å². The van der Waals surface area contributed by atoms with Gasteiger partial charge in [-0.25, -0.2) is 4.79 Å². The fourth-order valence-corrected chi connectivity index (χ4v) is 3.43. The highest BCUT2D eigenvalue weighted by atomic mass is 16.6. The molecule has 1 saturated heterocycles. The summed E-state index contributed by atoms with van der Waals surface area (Å²) in [6.07, 6.45) is 1.51. The van der Waals surface area contributed by atoms with Crippen LogP contribution in [0.15, 0.2) is 41.0 Å². The first-order chi connectivity index (χ1) is 13.9. The number of hydrogen-bond donors (Lipinski definition) is 2. The Labute approximate surface area is 166 Å². The van der Waals surface area contributed by atoms with Crippen molar-refractivity contribution in [3.05, 3.63) is 47.9 Å². The SMILES string of the molecule is C[C@@H](NC(=O)CN1C(=O)N[C@@](C)(c2ccc3c(c2)OCCO3)C1=O)c1ccco1. The number of ether oxygens (including phenoxy) is 2. The molecule has 0 bridgehead atoms. The van der Waals surface area contributed by atoms with Gasteiger partial charge in [0.15, 0.2) is 11.5 Å². The number of urea groups is 1. The quantitative estimate of drug-likeness (QED) is 0.741. The van der Waals surface area contributed by atoms with E-state index in [-0.39, 0.29) is 6.04 Å². The first kappa shape index (κ1) is 18.9. The Kier molecular flexibility index (Phi) is 4.65. The van der Waals surface area contributed by atoms with Gasteiger partial charge in [-0.05, 0) is 43.7 Å². The minimum absolute atomic E-state index is 0.387. The summed E-state index contributed by atoms with van der Waals surface area (Å²) in [7, 11) is 0. The maximum Gasteiger partial charge on any atom is 0.325 e. The maximum atomic E-state index is 13.0. The van der Waals surface area contributed by atoms with E-state index in [0.29, 0.717) is 36.0 Å². The molecule has 0 aliphatic carbocycles. The Morgan fingerprint density at radius 3 is 2.72 bits per heavy atom. The van der Waals surface area contributed by atoms with Crippen LogP contribution in [0, 0.1) is 0 Å². The molecule has 1 aromatic heterocycles. The summed E-state index contributed by atoms with van der Waals surface area (Å²) in [5.74, 6) is 0.699. The van der Waals surface area contributed by atoms with E-state index < -0.39 is 29.9 Å². The van der Waals surface area contributed by atoms with Crippen LogP contribution in [0.3, 0.4) is 0 Å². The van der Waals surface area contributed by atoms with Crippen molar-refractivity contribution in [1.29, 1.82) is 0 Å². The van der Waals surface area contributed by atoms with Crippen molar-refractivity contribution in [3.63, 3.8) is 0 Å². The van der Waals surface area contributed by atoms with Gasteiger partial charge in [-0.1, -0.05) is 6.07 Å². The smallest absolute Gasteiger partial charge is 0.325 e. The second-order valence-electron chi connectivity index (χ2n) is 7.11. The van der Waals surface area contributed by atoms with E-state index in [1.807, 2.05) is 0 Å². The van der Waals surface area contributed by atoms with Gasteiger partial charge in [0.2, 0.25) is 5.91 Å². The van der Waals surface area contributed by atoms with E-state index >= 15 is 0 Å². The van der Waals surface area contributed by atoms with E-state index in [0.717, 1.165) is 4.90 Å². The highest BCUT2D eigenvalue weighted by Crippen LogP contribution is 2.36. The Bertz CT molecular complexity index is 957. The molecule has 4 amide bonds. The van der Waals surface area contributed by atoms with Gasteiger partial charge in [-0.3, -0.25) is 14.5 Å². The summed E-state index contributed by atoms with van der Waals surface area (Å²) < 4.78 is 16.3. The second kappa shape index (κ2) is 7.16. The number of nitrogens with zero attached hydrogens (tertiary/aromatic N) is 1.